The molecule has 0 amide bonds. The Morgan fingerprint density at radius 2 is 0.742 bits per heavy atom. The van der Waals surface area contributed by atoms with E-state index in [9.17, 15) is 57.6 Å². The predicted molar refractivity (Wildman–Crippen MR) is 474 cm³/mol. The predicted octanol–water partition coefficient (Wildman–Crippen LogP) is 15.0. The lowest BCUT2D eigenvalue weighted by atomic mass is 9.87. The highest BCUT2D eigenvalue weighted by Gasteiger charge is 2.44. The highest BCUT2D eigenvalue weighted by atomic mass is 19.1. The van der Waals surface area contributed by atoms with E-state index in [0.717, 1.165) is 0 Å². The minimum atomic E-state index is -1.52. The molecule has 0 spiro atoms. The van der Waals surface area contributed by atoms with E-state index in [1.165, 1.54) is 57.7 Å². The number of amidine groups is 2. The van der Waals surface area contributed by atoms with E-state index in [1.807, 2.05) is 20.8 Å². The summed E-state index contributed by atoms with van der Waals surface area (Å²) in [4.78, 5) is 86.0. The van der Waals surface area contributed by atoms with Crippen molar-refractivity contribution in [2.24, 2.45) is 27.2 Å². The second kappa shape index (κ2) is 41.5. The van der Waals surface area contributed by atoms with Crippen molar-refractivity contribution in [2.45, 2.75) is 193 Å². The molecule has 3 aliphatic rings. The molecule has 12 rings (SSSR count). The number of nitrogens with zero attached hydrogens (tertiary/aromatic N) is 5. The van der Waals surface area contributed by atoms with Crippen LogP contribution in [0.3, 0.4) is 0 Å². The fraction of sp³-hybridized carbons (Fsp3) is 0.402. The number of carbonyl (C=O) groups excluding carboxylic acids is 5. The Morgan fingerprint density at radius 1 is 0.453 bits per heavy atom. The number of Topliss-reactive ketones (excluding diaryl/α,β-unsaturated/α-hetero) is 3. The van der Waals surface area contributed by atoms with Gasteiger partial charge in [0.15, 0.2) is 69.1 Å². The number of hydrogen-bond acceptors (Lipinski definition) is 26. The van der Waals surface area contributed by atoms with Crippen molar-refractivity contribution in [3.05, 3.63) is 214 Å². The van der Waals surface area contributed by atoms with Gasteiger partial charge in [-0.3, -0.25) is 34.0 Å². The maximum Gasteiger partial charge on any atom is 0.305 e. The number of ketones is 3. The molecule has 0 saturated heterocycles. The average molecular weight is 1770 g/mol. The molecule has 0 bridgehead atoms. The number of hydrogen-bond donors (Lipinski definition) is 7. The van der Waals surface area contributed by atoms with Crippen molar-refractivity contribution in [1.82, 2.24) is 15.0 Å². The van der Waals surface area contributed by atoms with Crippen molar-refractivity contribution in [2.75, 3.05) is 61.0 Å². The molecule has 3 aromatic heterocycles. The summed E-state index contributed by atoms with van der Waals surface area (Å²) in [7, 11) is 4.40. The smallest absolute Gasteiger partial charge is 0.305 e. The van der Waals surface area contributed by atoms with Gasteiger partial charge in [-0.1, -0.05) is 13.8 Å². The Balaban J connectivity index is 0.000000200. The third-order valence-corrected chi connectivity index (χ3v) is 21.7. The molecule has 3 aliphatic heterocycles. The number of benzene rings is 6. The Morgan fingerprint density at radius 3 is 1.03 bits per heavy atom. The molecule has 128 heavy (non-hydrogen) atoms. The molecule has 28 nitrogen and oxygen atoms in total. The first-order chi connectivity index (χ1) is 60.4. The number of pyridine rings is 3. The fourth-order valence-electron chi connectivity index (χ4n) is 14.4. The zero-order valence-electron chi connectivity index (χ0n) is 74.9. The summed E-state index contributed by atoms with van der Waals surface area (Å²) >= 11 is 0. The summed E-state index contributed by atoms with van der Waals surface area (Å²) in [6.45, 7) is 23.2. The van der Waals surface area contributed by atoms with Crippen LogP contribution in [0.2, 0.25) is 0 Å². The second-order valence-electron chi connectivity index (χ2n) is 33.3. The van der Waals surface area contributed by atoms with Crippen LogP contribution in [0, 0.1) is 17.5 Å². The number of aliphatic hydroxyl groups is 4. The molecule has 31 heteroatoms. The highest BCUT2D eigenvalue weighted by molar-refractivity contribution is 5.98. The number of aliphatic imine (C=N–C) groups is 2. The molecule has 6 heterocycles. The van der Waals surface area contributed by atoms with Crippen LogP contribution in [0.15, 0.2) is 156 Å². The molecule has 682 valence electrons. The van der Waals surface area contributed by atoms with E-state index in [2.05, 4.69) is 9.98 Å². The van der Waals surface area contributed by atoms with Gasteiger partial charge in [-0.15, -0.1) is 0 Å². The molecule has 10 N–H and O–H groups in total. The first kappa shape index (κ1) is 97.6. The summed E-state index contributed by atoms with van der Waals surface area (Å²) in [5, 5.41) is 44.3. The van der Waals surface area contributed by atoms with E-state index < -0.39 is 57.5 Å². The first-order valence-corrected chi connectivity index (χ1v) is 42.0. The topological polar surface area (TPSA) is 409 Å². The third kappa shape index (κ3) is 24.2. The van der Waals surface area contributed by atoms with Gasteiger partial charge >= 0.3 is 11.9 Å². The largest absolute Gasteiger partial charge is 0.493 e. The average Bonchev–Trinajstić information content (AvgIpc) is 1.59. The van der Waals surface area contributed by atoms with Crippen molar-refractivity contribution < 1.29 is 110 Å². The van der Waals surface area contributed by atoms with Crippen molar-refractivity contribution in [3.8, 4) is 85.5 Å². The SMILES string of the molecule is CCC(=O)O[C@H](C)COc1ccc(C(=O)CC[C@@](C)(O)c2cc3c(c(-c4ccc(F)cc4)n2)OC[C@@]3(C)N)cc1OC.CCC(=O)O[C@H](C)COc1ccc(C(=O)CC[C@@](C)(O)c2cc3c(c(-c4ccc(F)cc4)n2)OC[C@@]3(C)N=C(C)N)cc1OC.COc1cc(C(=O)CC[C@@](C)(O)c2cc3c(c(-c4ccc(F)cc4)n2)OC[C@@]3(C)N=C(C)N)ccc1OC[C@@H](C)O. The molecule has 0 fully saturated rings. The Kier molecular flexibility index (Phi) is 31.6. The minimum Gasteiger partial charge on any atom is -0.493 e. The Labute approximate surface area is 742 Å². The maximum absolute atomic E-state index is 13.7. The van der Waals surface area contributed by atoms with Crippen LogP contribution in [-0.4, -0.2) is 156 Å². The van der Waals surface area contributed by atoms with Crippen LogP contribution in [-0.2, 0) is 52.5 Å². The summed E-state index contributed by atoms with van der Waals surface area (Å²) in [6.07, 6.45) is -0.801. The van der Waals surface area contributed by atoms with E-state index in [1.54, 1.807) is 178 Å². The number of aliphatic hydroxyl groups excluding tert-OH is 1. The number of nitrogens with two attached hydrogens (primary N) is 3. The lowest BCUT2D eigenvalue weighted by Gasteiger charge is -2.26. The van der Waals surface area contributed by atoms with Gasteiger partial charge in [0, 0.05) is 82.2 Å². The van der Waals surface area contributed by atoms with Gasteiger partial charge in [0.1, 0.15) is 114 Å². The van der Waals surface area contributed by atoms with Crippen molar-refractivity contribution in [3.63, 3.8) is 0 Å². The highest BCUT2D eigenvalue weighted by Crippen LogP contribution is 2.50. The second-order valence-corrected chi connectivity index (χ2v) is 33.3. The van der Waals surface area contributed by atoms with E-state index in [4.69, 9.17) is 84.3 Å². The zero-order valence-corrected chi connectivity index (χ0v) is 74.9. The van der Waals surface area contributed by atoms with Gasteiger partial charge in [-0.25, -0.2) is 28.1 Å². The number of aromatic nitrogens is 3. The zero-order chi connectivity index (χ0) is 93.5. The summed E-state index contributed by atoms with van der Waals surface area (Å²) in [6, 6.07) is 37.2. The van der Waals surface area contributed by atoms with Crippen LogP contribution in [0.1, 0.15) is 206 Å². The van der Waals surface area contributed by atoms with Crippen LogP contribution >= 0.6 is 0 Å². The number of rotatable bonds is 36. The van der Waals surface area contributed by atoms with Crippen LogP contribution in [0.5, 0.6) is 51.7 Å². The lowest BCUT2D eigenvalue weighted by Crippen LogP contribution is -2.35. The maximum atomic E-state index is 13.7. The van der Waals surface area contributed by atoms with Crippen molar-refractivity contribution >= 4 is 41.0 Å². The number of fused-ring (bicyclic) bond motifs is 3. The Hall–Kier alpha value is -12.6. The number of methoxy groups -OCH3 is 3. The van der Waals surface area contributed by atoms with E-state index in [-0.39, 0.29) is 132 Å². The normalized spacial score (nSPS) is 18.2. The monoisotopic (exact) mass is 1770 g/mol. The van der Waals surface area contributed by atoms with Crippen molar-refractivity contribution in [1.29, 1.82) is 0 Å². The molecule has 6 aromatic carbocycles. The number of ether oxygens (including phenoxy) is 11. The molecule has 0 radical (unpaired) electrons. The summed E-state index contributed by atoms with van der Waals surface area (Å²) in [5.41, 5.74) is 18.7. The van der Waals surface area contributed by atoms with Gasteiger partial charge in [-0.2, -0.15) is 0 Å². The molecule has 0 saturated carbocycles. The first-order valence-electron chi connectivity index (χ1n) is 42.0. The molecule has 9 atom stereocenters. The molecule has 0 aliphatic carbocycles. The summed E-state index contributed by atoms with van der Waals surface area (Å²) in [5.74, 6) is 2.05. The van der Waals surface area contributed by atoms with Gasteiger partial charge in [-0.05, 0) is 241 Å². The number of carbonyl (C=O) groups is 5. The Bertz CT molecular complexity index is 5560. The van der Waals surface area contributed by atoms with Gasteiger partial charge in [0.05, 0.1) is 61.7 Å². The third-order valence-electron chi connectivity index (χ3n) is 21.7. The quantitative estimate of drug-likeness (QED) is 0.00830. The molecular weight excluding hydrogens is 1650 g/mol. The number of esters is 2. The van der Waals surface area contributed by atoms with Gasteiger partial charge in [0.25, 0.3) is 0 Å². The standard InChI is InChI=1S/C34H40FN3O7.C32H37FN2O7.C31H36FN3O6/c1-7-30(40)45-20(2)18-43-27-13-10-23(16-28(27)42-6)26(39)14-15-34(5,41)29-17-25-32(44-19-33(25,4)38-21(3)36)31(37-29)22-8-11-24(35)12-9-22;1-6-28(37)42-19(2)17-40-25-12-9-21(15-26(25)39-5)24(36)13-14-32(4,38)27-16-23-30(41-18-31(23,3)34)29(35-27)20-7-10-22(33)11-8-20;1-18(36)16-40-25-11-8-21(14-26(25)39-5)24(37)12-13-31(4,38)27-15-23-29(41-17-30(23,3)35-19(2)33)28(34-27)20-6-9-22(32)10-7-20/h8-13,16-17,20,41H,7,14-15,18-19H2,1-6H3,(H2,36,38);7-12,15-16,19,38H,6,13-14,17-18,34H2,1-5H3;6-11,14-15,18,36,38H,12-13,16-17H2,1-5H3,(H2,33,35)/t20-,33-,34-;19-,31-,32-;18-,30-,31-/m111/s1. The molecule has 9 aromatic rings. The number of halogens is 3. The molecule has 0 unspecified atom stereocenters. The minimum absolute atomic E-state index is 0.00115. The van der Waals surface area contributed by atoms with Crippen LogP contribution < -0.4 is 59.8 Å². The van der Waals surface area contributed by atoms with E-state index in [0.29, 0.717) is 148 Å². The van der Waals surface area contributed by atoms with E-state index >= 15 is 0 Å². The lowest BCUT2D eigenvalue weighted by molar-refractivity contribution is -0.150. The van der Waals surface area contributed by atoms with Gasteiger partial charge < -0.3 is 89.7 Å². The fourth-order valence-corrected chi connectivity index (χ4v) is 14.4. The summed E-state index contributed by atoms with van der Waals surface area (Å²) < 4.78 is 103. The molecular formula is C97H113F3N8O20. The van der Waals surface area contributed by atoms with Gasteiger partial charge in [0.2, 0.25) is 0 Å². The van der Waals surface area contributed by atoms with Crippen LogP contribution in [0.4, 0.5) is 13.2 Å². The van der Waals surface area contributed by atoms with Crippen LogP contribution in [0.25, 0.3) is 33.8 Å².